The normalized spacial score (nSPS) is 22.1. The van der Waals surface area contributed by atoms with Gasteiger partial charge in [0, 0.05) is 27.3 Å². The Kier molecular flexibility index (Phi) is 5.15. The van der Waals surface area contributed by atoms with Gasteiger partial charge in [-0.1, -0.05) is 66.2 Å². The van der Waals surface area contributed by atoms with E-state index in [0.717, 1.165) is 17.2 Å². The molecule has 1 heterocycles. The molecule has 146 valence electrons. The highest BCUT2D eigenvalue weighted by atomic mass is 35.5. The first-order chi connectivity index (χ1) is 14.2. The maximum Gasteiger partial charge on any atom is 0.0554 e. The Labute approximate surface area is 182 Å². The average Bonchev–Trinajstić information content (AvgIpc) is 3.24. The van der Waals surface area contributed by atoms with Gasteiger partial charge in [0.1, 0.15) is 0 Å². The molecular formula is C26H24ClNS. The summed E-state index contributed by atoms with van der Waals surface area (Å²) in [4.78, 5) is 1.32. The first-order valence-corrected chi connectivity index (χ1v) is 11.6. The summed E-state index contributed by atoms with van der Waals surface area (Å²) in [6.45, 7) is 2.24. The summed E-state index contributed by atoms with van der Waals surface area (Å²) in [6.07, 6.45) is 5.89. The molecular weight excluding hydrogens is 394 g/mol. The number of hydrogen-bond donors (Lipinski definition) is 1. The maximum absolute atomic E-state index is 6.12. The van der Waals surface area contributed by atoms with Crippen molar-refractivity contribution in [1.82, 2.24) is 0 Å². The van der Waals surface area contributed by atoms with Gasteiger partial charge in [-0.2, -0.15) is 0 Å². The van der Waals surface area contributed by atoms with E-state index in [0.29, 0.717) is 17.9 Å². The van der Waals surface area contributed by atoms with Crippen LogP contribution in [0.4, 0.5) is 5.69 Å². The SMILES string of the molecule is Cc1cc(CSc2ccccc2)cc2c1N[C@H](c1ccc(Cl)cc1)[C@@H]1CC=C[C@@H]21. The van der Waals surface area contributed by atoms with Crippen molar-refractivity contribution >= 4 is 29.1 Å². The minimum absolute atomic E-state index is 0.322. The lowest BCUT2D eigenvalue weighted by Crippen LogP contribution is -2.29. The fourth-order valence-corrected chi connectivity index (χ4v) is 5.71. The van der Waals surface area contributed by atoms with Gasteiger partial charge in [0.2, 0.25) is 0 Å². The van der Waals surface area contributed by atoms with Crippen molar-refractivity contribution < 1.29 is 0 Å². The van der Waals surface area contributed by atoms with Crippen molar-refractivity contribution in [3.63, 3.8) is 0 Å². The van der Waals surface area contributed by atoms with Crippen molar-refractivity contribution in [3.05, 3.63) is 106 Å². The van der Waals surface area contributed by atoms with Gasteiger partial charge in [0.15, 0.2) is 0 Å². The van der Waals surface area contributed by atoms with E-state index in [-0.39, 0.29) is 0 Å². The molecule has 0 unspecified atom stereocenters. The topological polar surface area (TPSA) is 12.0 Å². The molecule has 0 bridgehead atoms. The first-order valence-electron chi connectivity index (χ1n) is 10.2. The quantitative estimate of drug-likeness (QED) is 0.343. The van der Waals surface area contributed by atoms with Crippen LogP contribution >= 0.6 is 23.4 Å². The average molecular weight is 418 g/mol. The number of fused-ring (bicyclic) bond motifs is 3. The third kappa shape index (κ3) is 3.72. The number of allylic oxidation sites excluding steroid dienone is 2. The highest BCUT2D eigenvalue weighted by Crippen LogP contribution is 2.51. The van der Waals surface area contributed by atoms with Gasteiger partial charge in [-0.25, -0.2) is 0 Å². The fraction of sp³-hybridized carbons (Fsp3) is 0.231. The molecule has 1 aliphatic carbocycles. The monoisotopic (exact) mass is 417 g/mol. The number of aryl methyl sites for hydroxylation is 1. The molecule has 0 radical (unpaired) electrons. The Morgan fingerprint density at radius 2 is 1.83 bits per heavy atom. The second kappa shape index (κ2) is 7.93. The van der Waals surface area contributed by atoms with Crippen molar-refractivity contribution in [1.29, 1.82) is 0 Å². The second-order valence-electron chi connectivity index (χ2n) is 8.01. The zero-order valence-corrected chi connectivity index (χ0v) is 18.0. The van der Waals surface area contributed by atoms with Crippen molar-refractivity contribution in [2.24, 2.45) is 5.92 Å². The van der Waals surface area contributed by atoms with Crippen LogP contribution in [0.25, 0.3) is 0 Å². The van der Waals surface area contributed by atoms with Gasteiger partial charge >= 0.3 is 0 Å². The summed E-state index contributed by atoms with van der Waals surface area (Å²) in [5.41, 5.74) is 6.83. The third-order valence-electron chi connectivity index (χ3n) is 6.10. The molecule has 3 atom stereocenters. The summed E-state index contributed by atoms with van der Waals surface area (Å²) in [5.74, 6) is 2.03. The van der Waals surface area contributed by atoms with E-state index < -0.39 is 0 Å². The summed E-state index contributed by atoms with van der Waals surface area (Å²) < 4.78 is 0. The number of anilines is 1. The Hall–Kier alpha value is -2.16. The number of rotatable bonds is 4. The van der Waals surface area contributed by atoms with Crippen LogP contribution in [0.5, 0.6) is 0 Å². The zero-order chi connectivity index (χ0) is 19.8. The van der Waals surface area contributed by atoms with E-state index in [1.807, 2.05) is 23.9 Å². The van der Waals surface area contributed by atoms with Gasteiger partial charge in [0.25, 0.3) is 0 Å². The molecule has 0 fully saturated rings. The molecule has 1 N–H and O–H groups in total. The standard InChI is InChI=1S/C26H24ClNS/c1-17-14-18(16-29-21-6-3-2-4-7-21)15-24-22-8-5-9-23(22)26(28-25(17)24)19-10-12-20(27)13-11-19/h2-8,10-15,22-23,26,28H,9,16H2,1H3/t22-,23-,26-/m1/s1. The first kappa shape index (κ1) is 18.8. The molecule has 1 nitrogen and oxygen atoms in total. The molecule has 5 rings (SSSR count). The molecule has 0 spiro atoms. The van der Waals surface area contributed by atoms with Crippen LogP contribution < -0.4 is 5.32 Å². The maximum atomic E-state index is 6.12. The summed E-state index contributed by atoms with van der Waals surface area (Å²) in [7, 11) is 0. The highest BCUT2D eigenvalue weighted by molar-refractivity contribution is 7.98. The fourth-order valence-electron chi connectivity index (χ4n) is 4.73. The Balaban J connectivity index is 1.46. The largest absolute Gasteiger partial charge is 0.377 e. The second-order valence-corrected chi connectivity index (χ2v) is 9.49. The van der Waals surface area contributed by atoms with E-state index in [1.165, 1.54) is 32.8 Å². The van der Waals surface area contributed by atoms with Gasteiger partial charge in [-0.3, -0.25) is 0 Å². The lowest BCUT2D eigenvalue weighted by atomic mass is 9.76. The molecule has 0 saturated carbocycles. The van der Waals surface area contributed by atoms with E-state index >= 15 is 0 Å². The number of thioether (sulfide) groups is 1. The number of hydrogen-bond acceptors (Lipinski definition) is 2. The molecule has 2 aliphatic rings. The number of halogens is 1. The summed E-state index contributed by atoms with van der Waals surface area (Å²) in [6, 6.07) is 24.1. The van der Waals surface area contributed by atoms with Crippen molar-refractivity contribution in [2.45, 2.75) is 36.0 Å². The highest BCUT2D eigenvalue weighted by Gasteiger charge is 2.38. The van der Waals surface area contributed by atoms with Crippen LogP contribution in [0.15, 0.2) is 83.8 Å². The Bertz CT molecular complexity index is 1040. The van der Waals surface area contributed by atoms with Crippen LogP contribution in [0.2, 0.25) is 5.02 Å². The minimum Gasteiger partial charge on any atom is -0.377 e. The van der Waals surface area contributed by atoms with Gasteiger partial charge in [-0.15, -0.1) is 11.8 Å². The predicted octanol–water partition coefficient (Wildman–Crippen LogP) is 7.77. The molecule has 0 saturated heterocycles. The van der Waals surface area contributed by atoms with E-state index in [9.17, 15) is 0 Å². The number of benzene rings is 3. The molecule has 0 amide bonds. The summed E-state index contributed by atoms with van der Waals surface area (Å²) >= 11 is 8.03. The lowest BCUT2D eigenvalue weighted by molar-refractivity contribution is 0.425. The van der Waals surface area contributed by atoms with Crippen LogP contribution in [0.1, 0.15) is 40.6 Å². The van der Waals surface area contributed by atoms with Crippen LogP contribution in [-0.4, -0.2) is 0 Å². The third-order valence-corrected chi connectivity index (χ3v) is 7.44. The smallest absolute Gasteiger partial charge is 0.0554 e. The Morgan fingerprint density at radius 3 is 2.62 bits per heavy atom. The zero-order valence-electron chi connectivity index (χ0n) is 16.4. The predicted molar refractivity (Wildman–Crippen MR) is 125 cm³/mol. The molecule has 3 aromatic carbocycles. The Morgan fingerprint density at radius 1 is 1.03 bits per heavy atom. The molecule has 29 heavy (non-hydrogen) atoms. The number of nitrogens with one attached hydrogen (secondary N) is 1. The van der Waals surface area contributed by atoms with Crippen molar-refractivity contribution in [2.75, 3.05) is 5.32 Å². The van der Waals surface area contributed by atoms with Crippen LogP contribution in [-0.2, 0) is 5.75 Å². The van der Waals surface area contributed by atoms with Gasteiger partial charge in [0.05, 0.1) is 6.04 Å². The lowest BCUT2D eigenvalue weighted by Gasteiger charge is -2.38. The molecule has 3 heteroatoms. The van der Waals surface area contributed by atoms with E-state index in [2.05, 4.69) is 79.0 Å². The molecule has 0 aromatic heterocycles. The van der Waals surface area contributed by atoms with Crippen LogP contribution in [0.3, 0.4) is 0 Å². The molecule has 3 aromatic rings. The molecule has 1 aliphatic heterocycles. The van der Waals surface area contributed by atoms with Crippen LogP contribution in [0, 0.1) is 12.8 Å². The summed E-state index contributed by atoms with van der Waals surface area (Å²) in [5, 5.41) is 4.68. The van der Waals surface area contributed by atoms with Gasteiger partial charge in [-0.05, 0) is 65.8 Å². The minimum atomic E-state index is 0.322. The van der Waals surface area contributed by atoms with E-state index in [1.54, 1.807) is 0 Å². The van der Waals surface area contributed by atoms with E-state index in [4.69, 9.17) is 11.6 Å². The van der Waals surface area contributed by atoms with Gasteiger partial charge < -0.3 is 5.32 Å². The van der Waals surface area contributed by atoms with Crippen molar-refractivity contribution in [3.8, 4) is 0 Å².